The quantitative estimate of drug-likeness (QED) is 0.137. The Labute approximate surface area is 287 Å². The molecular weight excluding hydrogens is 602 g/mol. The molecule has 0 aliphatic heterocycles. The monoisotopic (exact) mass is 624 g/mol. The van der Waals surface area contributed by atoms with Crippen molar-refractivity contribution < 1.29 is 94.6 Å². The number of carbonyl (C=O) groups excluding carboxylic acids is 2. The standard InChI is InChI=1S/C28H22N2O8S2.2Na/c1-15-7-9-19(23(13-15)39(33,34)35)29-21-11-12-22(30-20-10-8-16(2)14-24(20)40(36,37)38)26-25(21)27(31)17-5-3-4-6-18(17)28(26)32;;/h3-14,29-30H,1-2H3,(H,33,34,35)(H,36,37,38);;/q;2*+1. The molecule has 1 aliphatic rings. The third-order valence-corrected chi connectivity index (χ3v) is 8.23. The Morgan fingerprint density at radius 2 is 0.881 bits per heavy atom. The molecule has 4 aromatic rings. The van der Waals surface area contributed by atoms with Crippen LogP contribution in [0.1, 0.15) is 43.0 Å². The molecule has 0 aromatic heterocycles. The van der Waals surface area contributed by atoms with E-state index in [1.165, 1.54) is 48.5 Å². The zero-order valence-electron chi connectivity index (χ0n) is 23.1. The summed E-state index contributed by atoms with van der Waals surface area (Å²) >= 11 is 0. The number of anilines is 4. The SMILES string of the molecule is Cc1ccc(Nc2ccc(Nc3ccc(C)cc3S(=O)(=O)O)c3c2C(=O)c2ccccc2C3=O)c(S(=O)(=O)O)c1.[Na+].[Na+]. The Balaban J connectivity index is 0.00000242. The fourth-order valence-electron chi connectivity index (χ4n) is 4.61. The van der Waals surface area contributed by atoms with Crippen LogP contribution in [0.25, 0.3) is 0 Å². The molecule has 1 aliphatic carbocycles. The molecule has 0 fully saturated rings. The van der Waals surface area contributed by atoms with Crippen molar-refractivity contribution in [1.29, 1.82) is 0 Å². The van der Waals surface area contributed by atoms with Crippen molar-refractivity contribution in [2.45, 2.75) is 23.6 Å². The van der Waals surface area contributed by atoms with Crippen LogP contribution < -0.4 is 69.7 Å². The Kier molecular flexibility index (Phi) is 10.3. The number of benzene rings is 4. The van der Waals surface area contributed by atoms with Gasteiger partial charge in [0.25, 0.3) is 20.2 Å². The van der Waals surface area contributed by atoms with Gasteiger partial charge in [0.1, 0.15) is 9.79 Å². The zero-order chi connectivity index (χ0) is 29.0. The molecule has 0 saturated heterocycles. The van der Waals surface area contributed by atoms with Crippen LogP contribution in [-0.4, -0.2) is 37.5 Å². The summed E-state index contributed by atoms with van der Waals surface area (Å²) in [6.07, 6.45) is 0. The molecule has 4 N–H and O–H groups in total. The summed E-state index contributed by atoms with van der Waals surface area (Å²) in [5.41, 5.74) is 1.33. The minimum Gasteiger partial charge on any atom is -0.354 e. The van der Waals surface area contributed by atoms with Gasteiger partial charge in [0.2, 0.25) is 0 Å². The Bertz CT molecular complexity index is 1840. The van der Waals surface area contributed by atoms with Gasteiger partial charge in [0.15, 0.2) is 11.6 Å². The van der Waals surface area contributed by atoms with Crippen LogP contribution in [0, 0.1) is 13.8 Å². The second-order valence-electron chi connectivity index (χ2n) is 9.31. The first-order chi connectivity index (χ1) is 18.8. The van der Waals surface area contributed by atoms with E-state index in [0.717, 1.165) is 0 Å². The minimum absolute atomic E-state index is 0. The van der Waals surface area contributed by atoms with E-state index in [4.69, 9.17) is 0 Å². The van der Waals surface area contributed by atoms with Crippen molar-refractivity contribution in [3.05, 3.63) is 106 Å². The number of aryl methyl sites for hydroxylation is 2. The summed E-state index contributed by atoms with van der Waals surface area (Å²) in [6, 6.07) is 17.6. The van der Waals surface area contributed by atoms with Gasteiger partial charge in [-0.2, -0.15) is 16.8 Å². The molecule has 10 nitrogen and oxygen atoms in total. The summed E-state index contributed by atoms with van der Waals surface area (Å²) in [6.45, 7) is 3.29. The third-order valence-electron chi connectivity index (χ3n) is 6.44. The molecular formula is C28H22N2Na2O8S2+2. The van der Waals surface area contributed by atoms with Gasteiger partial charge in [-0.25, -0.2) is 0 Å². The number of nitrogens with one attached hydrogen (secondary N) is 2. The summed E-state index contributed by atoms with van der Waals surface area (Å²) < 4.78 is 67.9. The number of fused-ring (bicyclic) bond motifs is 2. The van der Waals surface area contributed by atoms with Crippen LogP contribution in [0.3, 0.4) is 0 Å². The second-order valence-corrected chi connectivity index (χ2v) is 12.1. The maximum Gasteiger partial charge on any atom is 1.00 e. The Morgan fingerprint density at radius 1 is 0.548 bits per heavy atom. The van der Waals surface area contributed by atoms with Crippen LogP contribution in [0.15, 0.2) is 82.6 Å². The van der Waals surface area contributed by atoms with E-state index in [1.54, 1.807) is 38.1 Å². The number of rotatable bonds is 6. The molecule has 0 amide bonds. The van der Waals surface area contributed by atoms with E-state index < -0.39 is 41.6 Å². The summed E-state index contributed by atoms with van der Waals surface area (Å²) in [4.78, 5) is 26.7. The summed E-state index contributed by atoms with van der Waals surface area (Å²) in [5, 5.41) is 5.75. The summed E-state index contributed by atoms with van der Waals surface area (Å²) in [7, 11) is -9.30. The molecule has 42 heavy (non-hydrogen) atoms. The molecule has 0 heterocycles. The number of hydrogen-bond acceptors (Lipinski definition) is 8. The molecule has 204 valence electrons. The summed E-state index contributed by atoms with van der Waals surface area (Å²) in [5.74, 6) is -1.06. The molecule has 0 spiro atoms. The van der Waals surface area contributed by atoms with Crippen molar-refractivity contribution in [1.82, 2.24) is 0 Å². The van der Waals surface area contributed by atoms with E-state index in [0.29, 0.717) is 11.1 Å². The van der Waals surface area contributed by atoms with Gasteiger partial charge in [0, 0.05) is 11.1 Å². The average Bonchev–Trinajstić information content (AvgIpc) is 2.88. The maximum atomic E-state index is 13.8. The van der Waals surface area contributed by atoms with Crippen LogP contribution in [-0.2, 0) is 20.2 Å². The first-order valence-electron chi connectivity index (χ1n) is 11.8. The van der Waals surface area contributed by atoms with E-state index in [-0.39, 0.29) is 104 Å². The van der Waals surface area contributed by atoms with E-state index in [9.17, 15) is 35.5 Å². The average molecular weight is 625 g/mol. The largest absolute Gasteiger partial charge is 1.00 e. The minimum atomic E-state index is -4.65. The number of ketones is 2. The molecule has 0 unspecified atom stereocenters. The van der Waals surface area contributed by atoms with E-state index >= 15 is 0 Å². The van der Waals surface area contributed by atoms with Crippen molar-refractivity contribution in [3.63, 3.8) is 0 Å². The molecule has 0 bridgehead atoms. The van der Waals surface area contributed by atoms with E-state index in [2.05, 4.69) is 10.6 Å². The first kappa shape index (κ1) is 34.1. The van der Waals surface area contributed by atoms with Gasteiger partial charge < -0.3 is 10.6 Å². The van der Waals surface area contributed by atoms with E-state index in [1.807, 2.05) is 0 Å². The third kappa shape index (κ3) is 6.58. The fraction of sp³-hybridized carbons (Fsp3) is 0.0714. The van der Waals surface area contributed by atoms with Crippen molar-refractivity contribution in [2.24, 2.45) is 0 Å². The number of carbonyl (C=O) groups is 2. The van der Waals surface area contributed by atoms with Gasteiger partial charge in [0.05, 0.1) is 33.9 Å². The van der Waals surface area contributed by atoms with Gasteiger partial charge in [-0.1, -0.05) is 36.4 Å². The smallest absolute Gasteiger partial charge is 0.354 e. The molecule has 0 radical (unpaired) electrons. The Morgan fingerprint density at radius 3 is 1.21 bits per heavy atom. The van der Waals surface area contributed by atoms with Crippen LogP contribution >= 0.6 is 0 Å². The van der Waals surface area contributed by atoms with Crippen molar-refractivity contribution in [2.75, 3.05) is 10.6 Å². The van der Waals surface area contributed by atoms with Crippen LogP contribution in [0.4, 0.5) is 22.7 Å². The van der Waals surface area contributed by atoms with Gasteiger partial charge in [-0.05, 0) is 61.4 Å². The normalized spacial score (nSPS) is 12.4. The van der Waals surface area contributed by atoms with Crippen molar-refractivity contribution >= 4 is 54.6 Å². The van der Waals surface area contributed by atoms with Crippen molar-refractivity contribution in [3.8, 4) is 0 Å². The molecule has 0 saturated carbocycles. The van der Waals surface area contributed by atoms with Crippen LogP contribution in [0.5, 0.6) is 0 Å². The second kappa shape index (κ2) is 12.7. The first-order valence-corrected chi connectivity index (χ1v) is 14.7. The topological polar surface area (TPSA) is 167 Å². The molecule has 0 atom stereocenters. The predicted molar refractivity (Wildman–Crippen MR) is 148 cm³/mol. The fourth-order valence-corrected chi connectivity index (χ4v) is 6.08. The number of hydrogen-bond donors (Lipinski definition) is 4. The molecule has 5 rings (SSSR count). The van der Waals surface area contributed by atoms with Gasteiger partial charge >= 0.3 is 59.1 Å². The molecule has 4 aromatic carbocycles. The maximum absolute atomic E-state index is 13.8. The zero-order valence-corrected chi connectivity index (χ0v) is 28.7. The van der Waals surface area contributed by atoms with Gasteiger partial charge in [-0.3, -0.25) is 18.7 Å². The molecule has 14 heteroatoms. The predicted octanol–water partition coefficient (Wildman–Crippen LogP) is -0.933. The van der Waals surface area contributed by atoms with Gasteiger partial charge in [-0.15, -0.1) is 0 Å². The Hall–Kier alpha value is -2.36. The van der Waals surface area contributed by atoms with Crippen LogP contribution in [0.2, 0.25) is 0 Å².